The normalized spacial score (nSPS) is 12.7. The molecule has 0 unspecified atom stereocenters. The smallest absolute Gasteiger partial charge is 0.261 e. The fraction of sp³-hybridized carbons (Fsp3) is 0.385. The van der Waals surface area contributed by atoms with Crippen LogP contribution in [-0.2, 0) is 7.05 Å². The zero-order valence-corrected chi connectivity index (χ0v) is 12.6. The van der Waals surface area contributed by atoms with Crippen molar-refractivity contribution in [2.75, 3.05) is 0 Å². The SMILES string of the molecule is CC(C)[C@H](NC(=O)c1ccc(Cl)s1)c1nccn1C. The zero-order valence-electron chi connectivity index (χ0n) is 11.1. The third-order valence-corrected chi connectivity index (χ3v) is 4.12. The number of hydrogen-bond donors (Lipinski definition) is 1. The Bertz CT molecular complexity index is 576. The lowest BCUT2D eigenvalue weighted by atomic mass is 10.0. The van der Waals surface area contributed by atoms with Crippen molar-refractivity contribution in [1.82, 2.24) is 14.9 Å². The molecule has 2 rings (SSSR count). The van der Waals surface area contributed by atoms with Crippen molar-refractivity contribution >= 4 is 28.8 Å². The van der Waals surface area contributed by atoms with Gasteiger partial charge in [-0.25, -0.2) is 4.98 Å². The van der Waals surface area contributed by atoms with Gasteiger partial charge in [0.15, 0.2) is 0 Å². The van der Waals surface area contributed by atoms with Gasteiger partial charge >= 0.3 is 0 Å². The number of aryl methyl sites for hydroxylation is 1. The molecule has 0 aliphatic carbocycles. The summed E-state index contributed by atoms with van der Waals surface area (Å²) in [5, 5.41) is 3.02. The lowest BCUT2D eigenvalue weighted by Gasteiger charge is -2.21. The minimum Gasteiger partial charge on any atom is -0.341 e. The van der Waals surface area contributed by atoms with Crippen LogP contribution in [-0.4, -0.2) is 15.5 Å². The first-order valence-electron chi connectivity index (χ1n) is 6.02. The Balaban J connectivity index is 2.18. The van der Waals surface area contributed by atoms with Gasteiger partial charge in [-0.05, 0) is 18.1 Å². The van der Waals surface area contributed by atoms with Crippen LogP contribution in [0, 0.1) is 5.92 Å². The van der Waals surface area contributed by atoms with Gasteiger partial charge in [-0.15, -0.1) is 11.3 Å². The van der Waals surface area contributed by atoms with Gasteiger partial charge < -0.3 is 9.88 Å². The van der Waals surface area contributed by atoms with Crippen molar-refractivity contribution in [2.24, 2.45) is 13.0 Å². The highest BCUT2D eigenvalue weighted by atomic mass is 35.5. The van der Waals surface area contributed by atoms with E-state index in [4.69, 9.17) is 11.6 Å². The Labute approximate surface area is 121 Å². The summed E-state index contributed by atoms with van der Waals surface area (Å²) in [6.07, 6.45) is 3.61. The Kier molecular flexibility index (Phi) is 4.27. The maximum absolute atomic E-state index is 12.2. The molecule has 2 aromatic rings. The number of rotatable bonds is 4. The van der Waals surface area contributed by atoms with Crippen LogP contribution in [0.1, 0.15) is 35.4 Å². The fourth-order valence-electron chi connectivity index (χ4n) is 1.85. The number of thiophene rings is 1. The summed E-state index contributed by atoms with van der Waals surface area (Å²) < 4.78 is 2.54. The second-order valence-corrected chi connectivity index (χ2v) is 6.41. The highest BCUT2D eigenvalue weighted by molar-refractivity contribution is 7.17. The quantitative estimate of drug-likeness (QED) is 0.941. The Morgan fingerprint density at radius 1 is 1.47 bits per heavy atom. The third-order valence-electron chi connectivity index (χ3n) is 2.89. The number of carbonyl (C=O) groups excluding carboxylic acids is 1. The average molecular weight is 298 g/mol. The lowest BCUT2D eigenvalue weighted by Crippen LogP contribution is -2.33. The van der Waals surface area contributed by atoms with Gasteiger partial charge in [-0.3, -0.25) is 4.79 Å². The van der Waals surface area contributed by atoms with Crippen LogP contribution in [0.5, 0.6) is 0 Å². The largest absolute Gasteiger partial charge is 0.341 e. The van der Waals surface area contributed by atoms with E-state index in [1.807, 2.05) is 17.8 Å². The molecule has 19 heavy (non-hydrogen) atoms. The number of carbonyl (C=O) groups is 1. The van der Waals surface area contributed by atoms with E-state index in [1.165, 1.54) is 11.3 Å². The lowest BCUT2D eigenvalue weighted by molar-refractivity contribution is 0.0926. The summed E-state index contributed by atoms with van der Waals surface area (Å²) in [4.78, 5) is 17.1. The molecule has 102 valence electrons. The Morgan fingerprint density at radius 3 is 2.68 bits per heavy atom. The van der Waals surface area contributed by atoms with Crippen molar-refractivity contribution in [1.29, 1.82) is 0 Å². The highest BCUT2D eigenvalue weighted by Crippen LogP contribution is 2.24. The molecule has 1 atom stereocenters. The molecular weight excluding hydrogens is 282 g/mol. The van der Waals surface area contributed by atoms with Gasteiger partial charge in [0.1, 0.15) is 5.82 Å². The van der Waals surface area contributed by atoms with Crippen LogP contribution in [0.15, 0.2) is 24.5 Å². The molecule has 1 N–H and O–H groups in total. The minimum absolute atomic E-state index is 0.112. The molecule has 0 spiro atoms. The highest BCUT2D eigenvalue weighted by Gasteiger charge is 2.23. The molecule has 0 aliphatic heterocycles. The molecule has 0 radical (unpaired) electrons. The van der Waals surface area contributed by atoms with E-state index in [9.17, 15) is 4.79 Å². The molecule has 0 aromatic carbocycles. The molecular formula is C13H16ClN3OS. The van der Waals surface area contributed by atoms with Gasteiger partial charge in [0.25, 0.3) is 5.91 Å². The van der Waals surface area contributed by atoms with E-state index in [-0.39, 0.29) is 17.9 Å². The average Bonchev–Trinajstić information content (AvgIpc) is 2.94. The summed E-state index contributed by atoms with van der Waals surface area (Å²) in [5.74, 6) is 0.991. The molecule has 0 saturated carbocycles. The molecule has 0 fully saturated rings. The summed E-state index contributed by atoms with van der Waals surface area (Å²) in [6.45, 7) is 4.11. The maximum Gasteiger partial charge on any atom is 0.261 e. The molecule has 1 amide bonds. The van der Waals surface area contributed by atoms with E-state index in [0.29, 0.717) is 9.21 Å². The Hall–Kier alpha value is -1.33. The molecule has 0 aliphatic rings. The van der Waals surface area contributed by atoms with Gasteiger partial charge in [0, 0.05) is 19.4 Å². The van der Waals surface area contributed by atoms with E-state index in [0.717, 1.165) is 5.82 Å². The second-order valence-electron chi connectivity index (χ2n) is 4.70. The third kappa shape index (κ3) is 3.16. The van der Waals surface area contributed by atoms with Crippen molar-refractivity contribution < 1.29 is 4.79 Å². The summed E-state index contributed by atoms with van der Waals surface area (Å²) >= 11 is 7.13. The fourth-order valence-corrected chi connectivity index (χ4v) is 2.80. The monoisotopic (exact) mass is 297 g/mol. The number of nitrogens with one attached hydrogen (secondary N) is 1. The van der Waals surface area contributed by atoms with Gasteiger partial charge in [0.2, 0.25) is 0 Å². The van der Waals surface area contributed by atoms with Gasteiger partial charge in [-0.1, -0.05) is 25.4 Å². The number of imidazole rings is 1. The Morgan fingerprint density at radius 2 is 2.21 bits per heavy atom. The molecule has 0 bridgehead atoms. The molecule has 2 aromatic heterocycles. The van der Waals surface area contributed by atoms with Crippen LogP contribution in [0.25, 0.3) is 0 Å². The molecule has 2 heterocycles. The van der Waals surface area contributed by atoms with Gasteiger partial charge in [-0.2, -0.15) is 0 Å². The predicted molar refractivity (Wildman–Crippen MR) is 77.6 cm³/mol. The topological polar surface area (TPSA) is 46.9 Å². The predicted octanol–water partition coefficient (Wildman–Crippen LogP) is 3.26. The van der Waals surface area contributed by atoms with Crippen LogP contribution in [0.2, 0.25) is 4.34 Å². The van der Waals surface area contributed by atoms with Crippen molar-refractivity contribution in [3.05, 3.63) is 39.6 Å². The van der Waals surface area contributed by atoms with Crippen LogP contribution < -0.4 is 5.32 Å². The maximum atomic E-state index is 12.2. The standard InChI is InChI=1S/C13H16ClN3OS/c1-8(2)11(12-15-6-7-17(12)3)16-13(18)9-4-5-10(14)19-9/h4-8,11H,1-3H3,(H,16,18)/t11-/m0/s1. The number of amides is 1. The molecule has 0 saturated heterocycles. The number of halogens is 1. The summed E-state index contributed by atoms with van der Waals surface area (Å²) in [5.41, 5.74) is 0. The van der Waals surface area contributed by atoms with Crippen molar-refractivity contribution in [2.45, 2.75) is 19.9 Å². The van der Waals surface area contributed by atoms with Gasteiger partial charge in [0.05, 0.1) is 15.3 Å². The first-order valence-corrected chi connectivity index (χ1v) is 7.22. The van der Waals surface area contributed by atoms with Crippen LogP contribution >= 0.6 is 22.9 Å². The van der Waals surface area contributed by atoms with Crippen molar-refractivity contribution in [3.63, 3.8) is 0 Å². The zero-order chi connectivity index (χ0) is 14.0. The summed E-state index contributed by atoms with van der Waals surface area (Å²) in [6, 6.07) is 3.35. The van der Waals surface area contributed by atoms with E-state index >= 15 is 0 Å². The first-order chi connectivity index (χ1) is 8.99. The van der Waals surface area contributed by atoms with Crippen molar-refractivity contribution in [3.8, 4) is 0 Å². The van der Waals surface area contributed by atoms with E-state index < -0.39 is 0 Å². The first kappa shape index (κ1) is 14.1. The molecule has 4 nitrogen and oxygen atoms in total. The summed E-state index contributed by atoms with van der Waals surface area (Å²) in [7, 11) is 1.92. The van der Waals surface area contributed by atoms with E-state index in [2.05, 4.69) is 24.1 Å². The van der Waals surface area contributed by atoms with E-state index in [1.54, 1.807) is 18.3 Å². The van der Waals surface area contributed by atoms with Crippen LogP contribution in [0.4, 0.5) is 0 Å². The number of aromatic nitrogens is 2. The number of hydrogen-bond acceptors (Lipinski definition) is 3. The number of nitrogens with zero attached hydrogens (tertiary/aromatic N) is 2. The molecule has 6 heteroatoms. The minimum atomic E-state index is -0.117. The van der Waals surface area contributed by atoms with Crippen LogP contribution in [0.3, 0.4) is 0 Å². The second kappa shape index (κ2) is 5.75.